The van der Waals surface area contributed by atoms with Crippen LogP contribution in [0.25, 0.3) is 0 Å². The van der Waals surface area contributed by atoms with E-state index in [1.165, 1.54) is 18.2 Å². The zero-order chi connectivity index (χ0) is 21.3. The van der Waals surface area contributed by atoms with Crippen molar-refractivity contribution in [2.24, 2.45) is 0 Å². The van der Waals surface area contributed by atoms with Gasteiger partial charge in [-0.25, -0.2) is 4.39 Å². The monoisotopic (exact) mass is 406 g/mol. The number of nitrogens with one attached hydrogen (secondary N) is 2. The third-order valence-electron chi connectivity index (χ3n) is 4.49. The highest BCUT2D eigenvalue weighted by atomic mass is 19.1. The molecule has 0 radical (unpaired) electrons. The van der Waals surface area contributed by atoms with Gasteiger partial charge in [-0.15, -0.1) is 0 Å². The summed E-state index contributed by atoms with van der Waals surface area (Å²) in [6, 6.07) is 22.2. The van der Waals surface area contributed by atoms with Crippen molar-refractivity contribution < 1.29 is 18.7 Å². The van der Waals surface area contributed by atoms with Crippen LogP contribution in [0.5, 0.6) is 5.75 Å². The van der Waals surface area contributed by atoms with Crippen LogP contribution in [0.15, 0.2) is 78.9 Å². The summed E-state index contributed by atoms with van der Waals surface area (Å²) in [6.07, 6.45) is 0. The Bertz CT molecular complexity index is 991. The van der Waals surface area contributed by atoms with Crippen molar-refractivity contribution in [1.82, 2.24) is 10.6 Å². The largest absolute Gasteiger partial charge is 0.494 e. The molecule has 0 fully saturated rings. The standard InChI is InChI=1S/C24H23FN2O3/c1-2-30-19-14-12-18(13-15-19)23(17-8-4-3-5-9-17)27-22(28)16-26-24(29)20-10-6-7-11-21(20)25/h3-15,23H,2,16H2,1H3,(H,26,29)(H,27,28)/t23-/m0/s1. The molecule has 1 atom stereocenters. The minimum atomic E-state index is -0.638. The highest BCUT2D eigenvalue weighted by Crippen LogP contribution is 2.24. The van der Waals surface area contributed by atoms with Crippen LogP contribution >= 0.6 is 0 Å². The molecular formula is C24H23FN2O3. The lowest BCUT2D eigenvalue weighted by molar-refractivity contribution is -0.120. The topological polar surface area (TPSA) is 67.4 Å². The summed E-state index contributed by atoms with van der Waals surface area (Å²) in [6.45, 7) is 2.21. The van der Waals surface area contributed by atoms with Crippen LogP contribution in [0.4, 0.5) is 4.39 Å². The van der Waals surface area contributed by atoms with Gasteiger partial charge in [-0.3, -0.25) is 9.59 Å². The average Bonchev–Trinajstić information content (AvgIpc) is 2.77. The number of hydrogen-bond acceptors (Lipinski definition) is 3. The molecule has 0 saturated heterocycles. The van der Waals surface area contributed by atoms with Crippen LogP contribution in [0, 0.1) is 5.82 Å². The predicted octanol–water partition coefficient (Wildman–Crippen LogP) is 3.86. The van der Waals surface area contributed by atoms with E-state index in [9.17, 15) is 14.0 Å². The van der Waals surface area contributed by atoms with E-state index >= 15 is 0 Å². The SMILES string of the molecule is CCOc1ccc([C@@H](NC(=O)CNC(=O)c2ccccc2F)c2ccccc2)cc1. The Morgan fingerprint density at radius 2 is 1.53 bits per heavy atom. The molecule has 3 aromatic carbocycles. The maximum absolute atomic E-state index is 13.7. The van der Waals surface area contributed by atoms with Crippen molar-refractivity contribution >= 4 is 11.8 Å². The second-order valence-corrected chi connectivity index (χ2v) is 6.58. The maximum Gasteiger partial charge on any atom is 0.254 e. The molecule has 0 heterocycles. The second kappa shape index (κ2) is 10.2. The summed E-state index contributed by atoms with van der Waals surface area (Å²) in [4.78, 5) is 24.7. The molecule has 0 bridgehead atoms. The van der Waals surface area contributed by atoms with E-state index in [0.717, 1.165) is 16.9 Å². The molecule has 3 aromatic rings. The van der Waals surface area contributed by atoms with Crippen molar-refractivity contribution in [3.05, 3.63) is 101 Å². The molecule has 0 saturated carbocycles. The number of carbonyl (C=O) groups is 2. The van der Waals surface area contributed by atoms with Crippen LogP contribution in [-0.2, 0) is 4.79 Å². The molecule has 0 aliphatic heterocycles. The van der Waals surface area contributed by atoms with E-state index in [-0.39, 0.29) is 18.0 Å². The predicted molar refractivity (Wildman–Crippen MR) is 113 cm³/mol. The number of carbonyl (C=O) groups excluding carboxylic acids is 2. The molecule has 30 heavy (non-hydrogen) atoms. The van der Waals surface area contributed by atoms with Crippen molar-refractivity contribution in [3.63, 3.8) is 0 Å². The van der Waals surface area contributed by atoms with Crippen LogP contribution < -0.4 is 15.4 Å². The van der Waals surface area contributed by atoms with Crippen molar-refractivity contribution in [2.45, 2.75) is 13.0 Å². The summed E-state index contributed by atoms with van der Waals surface area (Å²) in [5.41, 5.74) is 1.67. The molecule has 2 amide bonds. The van der Waals surface area contributed by atoms with Gasteiger partial charge < -0.3 is 15.4 Å². The molecule has 0 spiro atoms. The molecule has 0 aliphatic carbocycles. The molecule has 3 rings (SSSR count). The normalized spacial score (nSPS) is 11.4. The molecule has 5 nitrogen and oxygen atoms in total. The Labute approximate surface area is 174 Å². The van der Waals surface area contributed by atoms with Gasteiger partial charge in [0.15, 0.2) is 0 Å². The average molecular weight is 406 g/mol. The number of rotatable bonds is 8. The first-order valence-electron chi connectivity index (χ1n) is 9.68. The summed E-state index contributed by atoms with van der Waals surface area (Å²) in [7, 11) is 0. The molecule has 0 aliphatic rings. The second-order valence-electron chi connectivity index (χ2n) is 6.58. The maximum atomic E-state index is 13.7. The smallest absolute Gasteiger partial charge is 0.254 e. The van der Waals surface area contributed by atoms with E-state index in [4.69, 9.17) is 4.74 Å². The summed E-state index contributed by atoms with van der Waals surface area (Å²) < 4.78 is 19.2. The highest BCUT2D eigenvalue weighted by molar-refractivity contribution is 5.96. The van der Waals surface area contributed by atoms with E-state index in [0.29, 0.717) is 6.61 Å². The van der Waals surface area contributed by atoms with Crippen LogP contribution in [0.3, 0.4) is 0 Å². The Morgan fingerprint density at radius 1 is 0.900 bits per heavy atom. The van der Waals surface area contributed by atoms with Crippen LogP contribution in [0.1, 0.15) is 34.5 Å². The van der Waals surface area contributed by atoms with Gasteiger partial charge in [-0.1, -0.05) is 54.6 Å². The van der Waals surface area contributed by atoms with Crippen molar-refractivity contribution in [3.8, 4) is 5.75 Å². The van der Waals surface area contributed by atoms with E-state index in [2.05, 4.69) is 10.6 Å². The first kappa shape index (κ1) is 21.0. The fourth-order valence-electron chi connectivity index (χ4n) is 3.04. The van der Waals surface area contributed by atoms with Gasteiger partial charge >= 0.3 is 0 Å². The van der Waals surface area contributed by atoms with E-state index in [1.807, 2.05) is 61.5 Å². The quantitative estimate of drug-likeness (QED) is 0.597. The fourth-order valence-corrected chi connectivity index (χ4v) is 3.04. The molecule has 2 N–H and O–H groups in total. The minimum absolute atomic E-state index is 0.101. The van der Waals surface area contributed by atoms with Crippen molar-refractivity contribution in [2.75, 3.05) is 13.2 Å². The Balaban J connectivity index is 1.70. The third kappa shape index (κ3) is 5.44. The number of halogens is 1. The lowest BCUT2D eigenvalue weighted by atomic mass is 9.98. The molecule has 0 aromatic heterocycles. The van der Waals surface area contributed by atoms with Gasteiger partial charge in [-0.2, -0.15) is 0 Å². The summed E-state index contributed by atoms with van der Waals surface area (Å²) in [5.74, 6) is -0.911. The summed E-state index contributed by atoms with van der Waals surface area (Å²) >= 11 is 0. The molecule has 6 heteroatoms. The molecular weight excluding hydrogens is 383 g/mol. The van der Waals surface area contributed by atoms with Crippen molar-refractivity contribution in [1.29, 1.82) is 0 Å². The number of benzene rings is 3. The van der Waals surface area contributed by atoms with Gasteiger partial charge in [0.05, 0.1) is 24.8 Å². The van der Waals surface area contributed by atoms with Gasteiger partial charge in [0.1, 0.15) is 11.6 Å². The third-order valence-corrected chi connectivity index (χ3v) is 4.49. The molecule has 154 valence electrons. The van der Waals surface area contributed by atoms with Gasteiger partial charge in [0.2, 0.25) is 5.91 Å². The van der Waals surface area contributed by atoms with Crippen LogP contribution in [0.2, 0.25) is 0 Å². The van der Waals surface area contributed by atoms with Gasteiger partial charge in [0.25, 0.3) is 5.91 Å². The van der Waals surface area contributed by atoms with Gasteiger partial charge in [0, 0.05) is 0 Å². The van der Waals surface area contributed by atoms with E-state index < -0.39 is 17.8 Å². The first-order valence-corrected chi connectivity index (χ1v) is 9.68. The lowest BCUT2D eigenvalue weighted by Gasteiger charge is -2.20. The first-order chi connectivity index (χ1) is 14.6. The van der Waals surface area contributed by atoms with Gasteiger partial charge in [-0.05, 0) is 42.3 Å². The number of hydrogen-bond donors (Lipinski definition) is 2. The summed E-state index contributed by atoms with van der Waals surface area (Å²) in [5, 5.41) is 5.40. The van der Waals surface area contributed by atoms with Crippen LogP contribution in [-0.4, -0.2) is 25.0 Å². The number of ether oxygens (including phenoxy) is 1. The Morgan fingerprint density at radius 3 is 2.20 bits per heavy atom. The number of amides is 2. The highest BCUT2D eigenvalue weighted by Gasteiger charge is 2.18. The fraction of sp³-hybridized carbons (Fsp3) is 0.167. The zero-order valence-corrected chi connectivity index (χ0v) is 16.6. The lowest BCUT2D eigenvalue weighted by Crippen LogP contribution is -2.39. The molecule has 0 unspecified atom stereocenters. The zero-order valence-electron chi connectivity index (χ0n) is 16.6. The minimum Gasteiger partial charge on any atom is -0.494 e. The van der Waals surface area contributed by atoms with E-state index in [1.54, 1.807) is 6.07 Å². The Hall–Kier alpha value is -3.67. The Kier molecular flexibility index (Phi) is 7.16.